The number of anilines is 1. The Balaban J connectivity index is 1.87. The lowest BCUT2D eigenvalue weighted by Gasteiger charge is -2.25. The third-order valence-electron chi connectivity index (χ3n) is 4.39. The first-order valence-corrected chi connectivity index (χ1v) is 9.35. The maximum Gasteiger partial charge on any atom is 0.269 e. The molecule has 0 aliphatic rings. The Morgan fingerprint density at radius 3 is 2.48 bits per heavy atom. The van der Waals surface area contributed by atoms with Crippen molar-refractivity contribution in [2.24, 2.45) is 0 Å². The van der Waals surface area contributed by atoms with Crippen LogP contribution in [-0.2, 0) is 4.79 Å². The van der Waals surface area contributed by atoms with Crippen molar-refractivity contribution in [3.05, 3.63) is 62.7 Å². The molecule has 0 saturated carbocycles. The minimum absolute atomic E-state index is 0.220. The molecular formula is C20H22ClN5O3. The number of hydrogen-bond acceptors (Lipinski definition) is 5. The van der Waals surface area contributed by atoms with Crippen LogP contribution < -0.4 is 15.6 Å². The van der Waals surface area contributed by atoms with E-state index in [2.05, 4.69) is 20.4 Å². The van der Waals surface area contributed by atoms with Gasteiger partial charge < -0.3 is 10.1 Å². The lowest BCUT2D eigenvalue weighted by Crippen LogP contribution is -2.43. The summed E-state index contributed by atoms with van der Waals surface area (Å²) in [7, 11) is 0. The van der Waals surface area contributed by atoms with Gasteiger partial charge in [-0.25, -0.2) is 4.98 Å². The molecule has 9 heteroatoms. The first-order chi connectivity index (χ1) is 13.6. The molecule has 2 heterocycles. The average molecular weight is 416 g/mol. The van der Waals surface area contributed by atoms with Crippen molar-refractivity contribution in [1.29, 1.82) is 0 Å². The van der Waals surface area contributed by atoms with E-state index < -0.39 is 5.60 Å². The number of amides is 1. The summed E-state index contributed by atoms with van der Waals surface area (Å²) in [5, 5.41) is 7.72. The Morgan fingerprint density at radius 1 is 1.21 bits per heavy atom. The molecule has 0 aliphatic carbocycles. The van der Waals surface area contributed by atoms with E-state index in [-0.39, 0.29) is 17.4 Å². The number of nitrogens with zero attached hydrogens (tertiary/aromatic N) is 3. The van der Waals surface area contributed by atoms with E-state index in [9.17, 15) is 9.59 Å². The van der Waals surface area contributed by atoms with Gasteiger partial charge in [-0.15, -0.1) is 0 Å². The van der Waals surface area contributed by atoms with Crippen LogP contribution in [0.3, 0.4) is 0 Å². The number of aromatic amines is 1. The van der Waals surface area contributed by atoms with Gasteiger partial charge in [-0.05, 0) is 58.9 Å². The number of carbonyl (C=O) groups is 1. The Hall–Kier alpha value is -3.13. The van der Waals surface area contributed by atoms with Gasteiger partial charge in [0.05, 0.1) is 5.69 Å². The minimum Gasteiger partial charge on any atom is -0.478 e. The molecule has 152 valence electrons. The predicted molar refractivity (Wildman–Crippen MR) is 111 cm³/mol. The predicted octanol–water partition coefficient (Wildman–Crippen LogP) is 3.33. The maximum absolute atomic E-state index is 12.9. The number of carbonyl (C=O) groups excluding carboxylic acids is 1. The van der Waals surface area contributed by atoms with Gasteiger partial charge in [0, 0.05) is 22.3 Å². The Labute approximate surface area is 172 Å². The summed E-state index contributed by atoms with van der Waals surface area (Å²) in [6.07, 6.45) is 0. The molecule has 0 atom stereocenters. The fourth-order valence-electron chi connectivity index (χ4n) is 2.59. The fourth-order valence-corrected chi connectivity index (χ4v) is 2.72. The molecule has 29 heavy (non-hydrogen) atoms. The molecule has 0 fully saturated rings. The molecule has 0 radical (unpaired) electrons. The van der Waals surface area contributed by atoms with Gasteiger partial charge >= 0.3 is 0 Å². The van der Waals surface area contributed by atoms with E-state index in [0.29, 0.717) is 33.5 Å². The maximum atomic E-state index is 12.9. The molecule has 8 nitrogen and oxygen atoms in total. The first kappa shape index (κ1) is 20.6. The minimum atomic E-state index is -1.18. The van der Waals surface area contributed by atoms with Gasteiger partial charge in [0.15, 0.2) is 5.60 Å². The second kappa shape index (κ2) is 7.71. The van der Waals surface area contributed by atoms with Crippen LogP contribution in [0.15, 0.2) is 35.1 Å². The number of ether oxygens (including phenoxy) is 1. The summed E-state index contributed by atoms with van der Waals surface area (Å²) >= 11 is 5.89. The van der Waals surface area contributed by atoms with Gasteiger partial charge in [-0.3, -0.25) is 14.6 Å². The van der Waals surface area contributed by atoms with Crippen LogP contribution in [0.1, 0.15) is 30.8 Å². The number of rotatable bonds is 5. The first-order valence-electron chi connectivity index (χ1n) is 8.97. The van der Waals surface area contributed by atoms with Gasteiger partial charge in [-0.1, -0.05) is 11.6 Å². The van der Waals surface area contributed by atoms with Gasteiger partial charge in [-0.2, -0.15) is 9.78 Å². The Kier molecular flexibility index (Phi) is 5.48. The summed E-state index contributed by atoms with van der Waals surface area (Å²) in [5.41, 5.74) is 0.323. The van der Waals surface area contributed by atoms with Crippen molar-refractivity contribution < 1.29 is 9.53 Å². The molecule has 1 aromatic carbocycles. The number of hydrogen-bond donors (Lipinski definition) is 2. The summed E-state index contributed by atoms with van der Waals surface area (Å²) in [4.78, 5) is 32.1. The highest BCUT2D eigenvalue weighted by atomic mass is 35.5. The third-order valence-corrected chi connectivity index (χ3v) is 4.64. The monoisotopic (exact) mass is 415 g/mol. The van der Waals surface area contributed by atoms with E-state index in [1.54, 1.807) is 65.0 Å². The van der Waals surface area contributed by atoms with Crippen LogP contribution >= 0.6 is 11.6 Å². The highest BCUT2D eigenvalue weighted by Gasteiger charge is 2.31. The lowest BCUT2D eigenvalue weighted by molar-refractivity contribution is -0.128. The highest BCUT2D eigenvalue weighted by Crippen LogP contribution is 2.23. The van der Waals surface area contributed by atoms with E-state index in [4.69, 9.17) is 16.3 Å². The van der Waals surface area contributed by atoms with Gasteiger partial charge in [0.1, 0.15) is 11.6 Å². The summed E-state index contributed by atoms with van der Waals surface area (Å²) in [5.74, 6) is 0.712. The van der Waals surface area contributed by atoms with Crippen LogP contribution in [-0.4, -0.2) is 31.3 Å². The van der Waals surface area contributed by atoms with E-state index >= 15 is 0 Å². The fraction of sp³-hybridized carbons (Fsp3) is 0.300. The number of aryl methyl sites for hydroxylation is 2. The summed E-state index contributed by atoms with van der Waals surface area (Å²) < 4.78 is 7.21. The molecule has 0 unspecified atom stereocenters. The molecule has 0 saturated heterocycles. The van der Waals surface area contributed by atoms with Crippen molar-refractivity contribution >= 4 is 23.3 Å². The van der Waals surface area contributed by atoms with Crippen molar-refractivity contribution in [3.8, 4) is 11.7 Å². The molecular weight excluding hydrogens is 394 g/mol. The van der Waals surface area contributed by atoms with Crippen LogP contribution in [0, 0.1) is 20.8 Å². The molecule has 1 amide bonds. The standard InChI is InChI=1S/C20H22ClN5O3/c1-11-10-16(26(25-11)19-22-13(3)12(2)17(27)24-19)23-18(28)20(4,5)29-15-8-6-14(21)7-9-15/h6-10H,1-5H3,(H,23,28)(H,22,24,27). The molecule has 0 aliphatic heterocycles. The van der Waals surface area contributed by atoms with Crippen LogP contribution in [0.2, 0.25) is 5.02 Å². The Morgan fingerprint density at radius 2 is 1.86 bits per heavy atom. The molecule has 2 N–H and O–H groups in total. The lowest BCUT2D eigenvalue weighted by atomic mass is 10.1. The molecule has 2 aromatic heterocycles. The molecule has 3 aromatic rings. The zero-order chi connectivity index (χ0) is 21.3. The number of H-pyrrole nitrogens is 1. The van der Waals surface area contributed by atoms with Crippen molar-refractivity contribution in [2.45, 2.75) is 40.2 Å². The second-order valence-electron chi connectivity index (χ2n) is 7.20. The highest BCUT2D eigenvalue weighted by molar-refractivity contribution is 6.30. The normalized spacial score (nSPS) is 11.4. The topological polar surface area (TPSA) is 102 Å². The average Bonchev–Trinajstić information content (AvgIpc) is 3.01. The number of aromatic nitrogens is 4. The molecule has 0 bridgehead atoms. The number of benzene rings is 1. The van der Waals surface area contributed by atoms with Crippen molar-refractivity contribution in [2.75, 3.05) is 5.32 Å². The molecule has 3 rings (SSSR count). The number of halogens is 1. The van der Waals surface area contributed by atoms with Crippen LogP contribution in [0.5, 0.6) is 5.75 Å². The SMILES string of the molecule is Cc1cc(NC(=O)C(C)(C)Oc2ccc(Cl)cc2)n(-c2nc(C)c(C)c(=O)[nH]2)n1. The quantitative estimate of drug-likeness (QED) is 0.665. The van der Waals surface area contributed by atoms with Crippen LogP contribution in [0.25, 0.3) is 5.95 Å². The zero-order valence-electron chi connectivity index (χ0n) is 16.8. The van der Waals surface area contributed by atoms with Crippen molar-refractivity contribution in [3.63, 3.8) is 0 Å². The smallest absolute Gasteiger partial charge is 0.269 e. The van der Waals surface area contributed by atoms with E-state index in [0.717, 1.165) is 0 Å². The van der Waals surface area contributed by atoms with E-state index in [1.807, 2.05) is 0 Å². The number of nitrogens with one attached hydrogen (secondary N) is 2. The van der Waals surface area contributed by atoms with E-state index in [1.165, 1.54) is 4.68 Å². The second-order valence-corrected chi connectivity index (χ2v) is 7.64. The van der Waals surface area contributed by atoms with Crippen molar-refractivity contribution in [1.82, 2.24) is 19.7 Å². The van der Waals surface area contributed by atoms with Crippen LogP contribution in [0.4, 0.5) is 5.82 Å². The molecule has 0 spiro atoms. The Bertz CT molecular complexity index is 1120. The summed E-state index contributed by atoms with van der Waals surface area (Å²) in [6, 6.07) is 8.44. The van der Waals surface area contributed by atoms with Gasteiger partial charge in [0.2, 0.25) is 5.95 Å². The summed E-state index contributed by atoms with van der Waals surface area (Å²) in [6.45, 7) is 8.52. The van der Waals surface area contributed by atoms with Gasteiger partial charge in [0.25, 0.3) is 11.5 Å². The third kappa shape index (κ3) is 4.48. The largest absolute Gasteiger partial charge is 0.478 e. The zero-order valence-corrected chi connectivity index (χ0v) is 17.6.